The molecule has 3 rings (SSSR count). The Kier molecular flexibility index (Phi) is 2.74. The van der Waals surface area contributed by atoms with Gasteiger partial charge in [0.2, 0.25) is 0 Å². The second-order valence-electron chi connectivity index (χ2n) is 5.53. The largest absolute Gasteiger partial charge is 0.0991 e. The molecule has 0 heterocycles. The van der Waals surface area contributed by atoms with E-state index in [9.17, 15) is 0 Å². The molecule has 1 spiro atoms. The third-order valence-electron chi connectivity index (χ3n) is 4.66. The van der Waals surface area contributed by atoms with Crippen LogP contribution >= 0.6 is 0 Å². The second-order valence-corrected chi connectivity index (χ2v) is 5.53. The van der Waals surface area contributed by atoms with E-state index in [1.54, 1.807) is 22.3 Å². The summed E-state index contributed by atoms with van der Waals surface area (Å²) in [4.78, 5) is 0. The Hall–Kier alpha value is -1.56. The molecule has 0 saturated carbocycles. The molecular formula is C18H20. The number of hydrogen-bond acceptors (Lipinski definition) is 0. The van der Waals surface area contributed by atoms with Crippen molar-refractivity contribution >= 4 is 0 Å². The van der Waals surface area contributed by atoms with Crippen molar-refractivity contribution < 1.29 is 0 Å². The Labute approximate surface area is 110 Å². The minimum atomic E-state index is 0.306. The first kappa shape index (κ1) is 11.5. The van der Waals surface area contributed by atoms with E-state index in [0.29, 0.717) is 5.41 Å². The molecule has 0 radical (unpaired) electrons. The van der Waals surface area contributed by atoms with Gasteiger partial charge in [-0.15, -0.1) is 0 Å². The van der Waals surface area contributed by atoms with Gasteiger partial charge in [0.1, 0.15) is 0 Å². The minimum Gasteiger partial charge on any atom is -0.0991 e. The van der Waals surface area contributed by atoms with Crippen LogP contribution in [0.4, 0.5) is 0 Å². The van der Waals surface area contributed by atoms with Crippen LogP contribution in [-0.2, 0) is 11.8 Å². The lowest BCUT2D eigenvalue weighted by Gasteiger charge is -2.27. The summed E-state index contributed by atoms with van der Waals surface area (Å²) in [6.07, 6.45) is 11.3. The van der Waals surface area contributed by atoms with E-state index in [4.69, 9.17) is 0 Å². The number of hydrogen-bond donors (Lipinski definition) is 0. The van der Waals surface area contributed by atoms with E-state index in [0.717, 1.165) is 0 Å². The fourth-order valence-corrected chi connectivity index (χ4v) is 3.77. The standard InChI is InChI=1S/C18H20/c1-3-4-8-16-14(2)10-12-18(16)13-11-15-7-5-6-9-17(15)18/h3-9H,1,10-13H2,2H3/b8-4-. The van der Waals surface area contributed by atoms with Crippen LogP contribution < -0.4 is 0 Å². The molecule has 0 heteroatoms. The molecule has 0 nitrogen and oxygen atoms in total. The highest BCUT2D eigenvalue weighted by molar-refractivity contribution is 5.53. The van der Waals surface area contributed by atoms with Crippen molar-refractivity contribution in [3.8, 4) is 0 Å². The third kappa shape index (κ3) is 1.52. The zero-order chi connectivity index (χ0) is 12.6. The zero-order valence-electron chi connectivity index (χ0n) is 11.1. The molecular weight excluding hydrogens is 216 g/mol. The Morgan fingerprint density at radius 2 is 1.94 bits per heavy atom. The van der Waals surface area contributed by atoms with E-state index in [-0.39, 0.29) is 0 Å². The first-order chi connectivity index (χ1) is 8.78. The summed E-state index contributed by atoms with van der Waals surface area (Å²) in [7, 11) is 0. The van der Waals surface area contributed by atoms with E-state index >= 15 is 0 Å². The third-order valence-corrected chi connectivity index (χ3v) is 4.66. The normalized spacial score (nSPS) is 26.3. The van der Waals surface area contributed by atoms with Crippen LogP contribution in [-0.4, -0.2) is 0 Å². The van der Waals surface area contributed by atoms with Crippen molar-refractivity contribution in [2.75, 3.05) is 0 Å². The molecule has 0 bridgehead atoms. The number of rotatable bonds is 2. The average Bonchev–Trinajstić information content (AvgIpc) is 2.92. The van der Waals surface area contributed by atoms with Gasteiger partial charge in [-0.1, -0.05) is 54.6 Å². The molecule has 2 aliphatic rings. The maximum Gasteiger partial charge on any atom is 0.0211 e. The van der Waals surface area contributed by atoms with Crippen LogP contribution in [0.5, 0.6) is 0 Å². The quantitative estimate of drug-likeness (QED) is 0.652. The SMILES string of the molecule is C=C/C=C\C1=C(C)CCC12CCc1ccccc12. The minimum absolute atomic E-state index is 0.306. The van der Waals surface area contributed by atoms with E-state index in [2.05, 4.69) is 49.9 Å². The molecule has 0 amide bonds. The summed E-state index contributed by atoms with van der Waals surface area (Å²) in [5, 5.41) is 0. The van der Waals surface area contributed by atoms with Gasteiger partial charge in [0.05, 0.1) is 0 Å². The van der Waals surface area contributed by atoms with Gasteiger partial charge in [0.25, 0.3) is 0 Å². The Morgan fingerprint density at radius 3 is 2.78 bits per heavy atom. The molecule has 1 unspecified atom stereocenters. The highest BCUT2D eigenvalue weighted by Crippen LogP contribution is 2.53. The Morgan fingerprint density at radius 1 is 1.17 bits per heavy atom. The zero-order valence-corrected chi connectivity index (χ0v) is 11.1. The van der Waals surface area contributed by atoms with Gasteiger partial charge < -0.3 is 0 Å². The lowest BCUT2D eigenvalue weighted by molar-refractivity contribution is 0.502. The van der Waals surface area contributed by atoms with Gasteiger partial charge in [-0.2, -0.15) is 0 Å². The molecule has 0 aromatic heterocycles. The molecule has 1 aromatic carbocycles. The van der Waals surface area contributed by atoms with Crippen molar-refractivity contribution in [2.45, 2.75) is 38.0 Å². The molecule has 1 aromatic rings. The van der Waals surface area contributed by atoms with Crippen molar-refractivity contribution in [2.24, 2.45) is 0 Å². The summed E-state index contributed by atoms with van der Waals surface area (Å²) >= 11 is 0. The molecule has 0 aliphatic heterocycles. The van der Waals surface area contributed by atoms with Crippen molar-refractivity contribution in [1.29, 1.82) is 0 Å². The summed E-state index contributed by atoms with van der Waals surface area (Å²) in [5.74, 6) is 0. The molecule has 1 atom stereocenters. The molecule has 0 fully saturated rings. The van der Waals surface area contributed by atoms with E-state index in [1.165, 1.54) is 25.7 Å². The van der Waals surface area contributed by atoms with Crippen LogP contribution in [0, 0.1) is 0 Å². The highest BCUT2D eigenvalue weighted by atomic mass is 14.5. The van der Waals surface area contributed by atoms with Crippen molar-refractivity contribution in [3.63, 3.8) is 0 Å². The average molecular weight is 236 g/mol. The van der Waals surface area contributed by atoms with Crippen LogP contribution in [0.2, 0.25) is 0 Å². The van der Waals surface area contributed by atoms with Gasteiger partial charge in [-0.05, 0) is 49.3 Å². The smallest absolute Gasteiger partial charge is 0.0211 e. The topological polar surface area (TPSA) is 0 Å². The number of fused-ring (bicyclic) bond motifs is 2. The Bertz CT molecular complexity index is 545. The first-order valence-corrected chi connectivity index (χ1v) is 6.86. The maximum atomic E-state index is 3.80. The number of benzene rings is 1. The van der Waals surface area contributed by atoms with E-state index < -0.39 is 0 Å². The van der Waals surface area contributed by atoms with Gasteiger partial charge in [-0.25, -0.2) is 0 Å². The van der Waals surface area contributed by atoms with Gasteiger partial charge in [0.15, 0.2) is 0 Å². The first-order valence-electron chi connectivity index (χ1n) is 6.86. The summed E-state index contributed by atoms with van der Waals surface area (Å²) in [5.41, 5.74) is 6.54. The predicted octanol–water partition coefficient (Wildman–Crippen LogP) is 4.72. The lowest BCUT2D eigenvalue weighted by atomic mass is 9.75. The van der Waals surface area contributed by atoms with Crippen molar-refractivity contribution in [1.82, 2.24) is 0 Å². The fourth-order valence-electron chi connectivity index (χ4n) is 3.77. The van der Waals surface area contributed by atoms with Crippen LogP contribution in [0.15, 0.2) is 60.2 Å². The molecule has 0 N–H and O–H groups in total. The maximum absolute atomic E-state index is 3.80. The molecule has 92 valence electrons. The molecule has 18 heavy (non-hydrogen) atoms. The summed E-state index contributed by atoms with van der Waals surface area (Å²) < 4.78 is 0. The van der Waals surface area contributed by atoms with Crippen LogP contribution in [0.25, 0.3) is 0 Å². The van der Waals surface area contributed by atoms with E-state index in [1.807, 2.05) is 6.08 Å². The molecule has 2 aliphatic carbocycles. The predicted molar refractivity (Wildman–Crippen MR) is 77.7 cm³/mol. The lowest BCUT2D eigenvalue weighted by Crippen LogP contribution is -2.21. The highest BCUT2D eigenvalue weighted by Gasteiger charge is 2.43. The Balaban J connectivity index is 2.12. The van der Waals surface area contributed by atoms with Crippen LogP contribution in [0.1, 0.15) is 37.3 Å². The van der Waals surface area contributed by atoms with Gasteiger partial charge >= 0.3 is 0 Å². The summed E-state index contributed by atoms with van der Waals surface area (Å²) in [6, 6.07) is 8.99. The molecule has 0 saturated heterocycles. The van der Waals surface area contributed by atoms with Gasteiger partial charge in [0, 0.05) is 5.41 Å². The van der Waals surface area contributed by atoms with Gasteiger partial charge in [-0.3, -0.25) is 0 Å². The van der Waals surface area contributed by atoms with Crippen LogP contribution in [0.3, 0.4) is 0 Å². The van der Waals surface area contributed by atoms with Crippen molar-refractivity contribution in [3.05, 3.63) is 71.3 Å². The fraction of sp³-hybridized carbons (Fsp3) is 0.333. The monoisotopic (exact) mass is 236 g/mol. The second kappa shape index (κ2) is 4.28. The number of aryl methyl sites for hydroxylation is 1. The summed E-state index contributed by atoms with van der Waals surface area (Å²) in [6.45, 7) is 6.09. The number of allylic oxidation sites excluding steroid dienone is 5.